The minimum Gasteiger partial charge on any atom is -0.497 e. The first-order chi connectivity index (χ1) is 12.6. The number of thioether (sulfide) groups is 1. The number of hydrogen-bond donors (Lipinski definition) is 2. The van der Waals surface area contributed by atoms with E-state index in [9.17, 15) is 9.59 Å². The number of benzene rings is 1. The average Bonchev–Trinajstić information content (AvgIpc) is 3.15. The Kier molecular flexibility index (Phi) is 5.77. The van der Waals surface area contributed by atoms with Crippen LogP contribution in [0.1, 0.15) is 12.8 Å². The summed E-state index contributed by atoms with van der Waals surface area (Å²) in [5, 5.41) is 7.53. The number of carbonyl (C=O) groups excluding carboxylic acids is 2. The molecule has 9 heteroatoms. The van der Waals surface area contributed by atoms with Gasteiger partial charge < -0.3 is 15.4 Å². The molecule has 0 spiro atoms. The summed E-state index contributed by atoms with van der Waals surface area (Å²) in [5.41, 5.74) is 6.24. The van der Waals surface area contributed by atoms with E-state index in [-0.39, 0.29) is 23.5 Å². The van der Waals surface area contributed by atoms with Crippen molar-refractivity contribution in [2.24, 2.45) is 11.7 Å². The SMILES string of the molecule is COc1ccc(-c2nc(SCC(=O)N3CCC[C@@H](C(N)=O)C3)n[nH]2)cc1. The summed E-state index contributed by atoms with van der Waals surface area (Å²) in [4.78, 5) is 29.8. The number of amides is 2. The molecule has 0 unspecified atom stereocenters. The average molecular weight is 375 g/mol. The first kappa shape index (κ1) is 18.2. The summed E-state index contributed by atoms with van der Waals surface area (Å²) in [6, 6.07) is 7.46. The summed E-state index contributed by atoms with van der Waals surface area (Å²) < 4.78 is 5.13. The van der Waals surface area contributed by atoms with Gasteiger partial charge >= 0.3 is 0 Å². The lowest BCUT2D eigenvalue weighted by Gasteiger charge is -2.31. The van der Waals surface area contributed by atoms with Crippen molar-refractivity contribution in [3.63, 3.8) is 0 Å². The fraction of sp³-hybridized carbons (Fsp3) is 0.412. The Balaban J connectivity index is 1.55. The number of nitrogens with zero attached hydrogens (tertiary/aromatic N) is 3. The van der Waals surface area contributed by atoms with Gasteiger partial charge in [-0.05, 0) is 37.1 Å². The van der Waals surface area contributed by atoms with Crippen molar-refractivity contribution >= 4 is 23.6 Å². The second-order valence-electron chi connectivity index (χ2n) is 6.07. The van der Waals surface area contributed by atoms with E-state index >= 15 is 0 Å². The molecule has 1 saturated heterocycles. The summed E-state index contributed by atoms with van der Waals surface area (Å²) in [6.45, 7) is 1.06. The van der Waals surface area contributed by atoms with Crippen LogP contribution in [0.15, 0.2) is 29.4 Å². The lowest BCUT2D eigenvalue weighted by Crippen LogP contribution is -2.44. The summed E-state index contributed by atoms with van der Waals surface area (Å²) in [6.07, 6.45) is 1.55. The van der Waals surface area contributed by atoms with Gasteiger partial charge in [-0.3, -0.25) is 14.7 Å². The van der Waals surface area contributed by atoms with Gasteiger partial charge in [-0.25, -0.2) is 4.98 Å². The molecule has 138 valence electrons. The molecule has 3 rings (SSSR count). The van der Waals surface area contributed by atoms with E-state index in [1.165, 1.54) is 11.8 Å². The lowest BCUT2D eigenvalue weighted by atomic mass is 9.97. The molecule has 0 saturated carbocycles. The Morgan fingerprint density at radius 3 is 2.85 bits per heavy atom. The van der Waals surface area contributed by atoms with Gasteiger partial charge in [0.1, 0.15) is 5.75 Å². The third-order valence-corrected chi connectivity index (χ3v) is 5.16. The topological polar surface area (TPSA) is 114 Å². The molecule has 1 aromatic heterocycles. The van der Waals surface area contributed by atoms with Crippen molar-refractivity contribution < 1.29 is 14.3 Å². The van der Waals surface area contributed by atoms with Gasteiger partial charge in [-0.1, -0.05) is 11.8 Å². The minimum atomic E-state index is -0.340. The minimum absolute atomic E-state index is 0.0308. The van der Waals surface area contributed by atoms with E-state index in [0.717, 1.165) is 24.2 Å². The number of nitrogens with two attached hydrogens (primary N) is 1. The first-order valence-corrected chi connectivity index (χ1v) is 9.32. The summed E-state index contributed by atoms with van der Waals surface area (Å²) in [7, 11) is 1.61. The Morgan fingerprint density at radius 1 is 1.38 bits per heavy atom. The molecule has 0 aliphatic carbocycles. The second-order valence-corrected chi connectivity index (χ2v) is 7.01. The molecule has 26 heavy (non-hydrogen) atoms. The predicted molar refractivity (Wildman–Crippen MR) is 97.6 cm³/mol. The summed E-state index contributed by atoms with van der Waals surface area (Å²) in [5.74, 6) is 1.01. The van der Waals surface area contributed by atoms with Gasteiger partial charge in [0.25, 0.3) is 0 Å². The highest BCUT2D eigenvalue weighted by Gasteiger charge is 2.27. The molecule has 1 aliphatic heterocycles. The third kappa shape index (κ3) is 4.34. The van der Waals surface area contributed by atoms with Crippen LogP contribution in [0, 0.1) is 5.92 Å². The number of rotatable bonds is 6. The Morgan fingerprint density at radius 2 is 2.15 bits per heavy atom. The quantitative estimate of drug-likeness (QED) is 0.736. The number of ether oxygens (including phenoxy) is 1. The van der Waals surface area contributed by atoms with Crippen LogP contribution in [0.25, 0.3) is 11.4 Å². The highest BCUT2D eigenvalue weighted by Crippen LogP contribution is 2.23. The Hall–Kier alpha value is -2.55. The monoisotopic (exact) mass is 375 g/mol. The number of nitrogens with one attached hydrogen (secondary N) is 1. The van der Waals surface area contributed by atoms with Crippen LogP contribution in [-0.2, 0) is 9.59 Å². The fourth-order valence-electron chi connectivity index (χ4n) is 2.84. The van der Waals surface area contributed by atoms with Crippen LogP contribution in [0.5, 0.6) is 5.75 Å². The van der Waals surface area contributed by atoms with E-state index in [1.54, 1.807) is 12.0 Å². The predicted octanol–water partition coefficient (Wildman–Crippen LogP) is 1.30. The van der Waals surface area contributed by atoms with Crippen LogP contribution in [0.4, 0.5) is 0 Å². The molecular formula is C17H21N5O3S. The number of hydrogen-bond acceptors (Lipinski definition) is 6. The van der Waals surface area contributed by atoms with Gasteiger partial charge in [0.15, 0.2) is 5.82 Å². The van der Waals surface area contributed by atoms with E-state index in [2.05, 4.69) is 15.2 Å². The molecule has 2 amide bonds. The lowest BCUT2D eigenvalue weighted by molar-refractivity contribution is -0.132. The third-order valence-electron chi connectivity index (χ3n) is 4.33. The van der Waals surface area contributed by atoms with Crippen LogP contribution >= 0.6 is 11.8 Å². The maximum atomic E-state index is 12.4. The van der Waals surface area contributed by atoms with E-state index in [4.69, 9.17) is 10.5 Å². The Bertz CT molecular complexity index is 777. The number of carbonyl (C=O) groups is 2. The highest BCUT2D eigenvalue weighted by molar-refractivity contribution is 7.99. The number of H-pyrrole nitrogens is 1. The number of primary amides is 1. The van der Waals surface area contributed by atoms with E-state index in [1.807, 2.05) is 24.3 Å². The van der Waals surface area contributed by atoms with Gasteiger partial charge in [0.2, 0.25) is 17.0 Å². The smallest absolute Gasteiger partial charge is 0.233 e. The molecule has 1 aromatic carbocycles. The van der Waals surface area contributed by atoms with Crippen LogP contribution < -0.4 is 10.5 Å². The number of piperidine rings is 1. The van der Waals surface area contributed by atoms with Gasteiger partial charge in [-0.15, -0.1) is 5.10 Å². The Labute approximate surface area is 155 Å². The maximum absolute atomic E-state index is 12.4. The standard InChI is InChI=1S/C17H21N5O3S/c1-25-13-6-4-11(5-7-13)16-19-17(21-20-16)26-10-14(23)22-8-2-3-12(9-22)15(18)24/h4-7,12H,2-3,8-10H2,1H3,(H2,18,24)(H,19,20,21)/t12-/m1/s1. The number of aromatic amines is 1. The van der Waals surface area contributed by atoms with E-state index in [0.29, 0.717) is 24.1 Å². The maximum Gasteiger partial charge on any atom is 0.233 e. The van der Waals surface area contributed by atoms with Gasteiger partial charge in [-0.2, -0.15) is 0 Å². The van der Waals surface area contributed by atoms with Crippen molar-refractivity contribution in [1.29, 1.82) is 0 Å². The van der Waals surface area contributed by atoms with Crippen molar-refractivity contribution in [2.75, 3.05) is 26.0 Å². The zero-order chi connectivity index (χ0) is 18.5. The molecule has 1 atom stereocenters. The molecule has 1 fully saturated rings. The second kappa shape index (κ2) is 8.22. The molecule has 2 aromatic rings. The van der Waals surface area contributed by atoms with Crippen molar-refractivity contribution in [1.82, 2.24) is 20.1 Å². The fourth-order valence-corrected chi connectivity index (χ4v) is 3.54. The molecule has 0 radical (unpaired) electrons. The van der Waals surface area contributed by atoms with E-state index < -0.39 is 0 Å². The van der Waals surface area contributed by atoms with Crippen molar-refractivity contribution in [2.45, 2.75) is 18.0 Å². The van der Waals surface area contributed by atoms with Crippen molar-refractivity contribution in [3.8, 4) is 17.1 Å². The largest absolute Gasteiger partial charge is 0.497 e. The zero-order valence-electron chi connectivity index (χ0n) is 14.5. The number of methoxy groups -OCH3 is 1. The van der Waals surface area contributed by atoms with Gasteiger partial charge in [0.05, 0.1) is 18.8 Å². The molecule has 3 N–H and O–H groups in total. The molecule has 2 heterocycles. The van der Waals surface area contributed by atoms with Gasteiger partial charge in [0, 0.05) is 18.7 Å². The number of aromatic nitrogens is 3. The molecular weight excluding hydrogens is 354 g/mol. The molecule has 0 bridgehead atoms. The van der Waals surface area contributed by atoms with Crippen LogP contribution in [0.3, 0.4) is 0 Å². The van der Waals surface area contributed by atoms with Crippen molar-refractivity contribution in [3.05, 3.63) is 24.3 Å². The van der Waals surface area contributed by atoms with Crippen LogP contribution in [0.2, 0.25) is 0 Å². The zero-order valence-corrected chi connectivity index (χ0v) is 15.3. The summed E-state index contributed by atoms with van der Waals surface area (Å²) >= 11 is 1.27. The molecule has 8 nitrogen and oxygen atoms in total. The van der Waals surface area contributed by atoms with Crippen LogP contribution in [-0.4, -0.2) is 57.8 Å². The molecule has 1 aliphatic rings. The normalized spacial score (nSPS) is 17.1. The highest BCUT2D eigenvalue weighted by atomic mass is 32.2. The number of likely N-dealkylation sites (tertiary alicyclic amines) is 1. The first-order valence-electron chi connectivity index (χ1n) is 8.33.